The van der Waals surface area contributed by atoms with Crippen molar-refractivity contribution in [3.63, 3.8) is 0 Å². The van der Waals surface area contributed by atoms with Gasteiger partial charge in [-0.15, -0.1) is 0 Å². The molecule has 0 bridgehead atoms. The lowest BCUT2D eigenvalue weighted by molar-refractivity contribution is 0.378. The zero-order valence-electron chi connectivity index (χ0n) is 12.1. The summed E-state index contributed by atoms with van der Waals surface area (Å²) in [5.41, 5.74) is 1.09. The number of para-hydroxylation sites is 2. The lowest BCUT2D eigenvalue weighted by Gasteiger charge is -2.11. The summed E-state index contributed by atoms with van der Waals surface area (Å²) in [4.78, 5) is 4.21. The highest BCUT2D eigenvalue weighted by Gasteiger charge is 2.05. The van der Waals surface area contributed by atoms with Crippen LogP contribution < -0.4 is 14.8 Å². The van der Waals surface area contributed by atoms with Gasteiger partial charge < -0.3 is 14.8 Å². The van der Waals surface area contributed by atoms with Crippen LogP contribution >= 0.6 is 0 Å². The molecule has 2 aromatic rings. The molecule has 0 amide bonds. The first-order valence-electron chi connectivity index (χ1n) is 6.67. The molecule has 0 unspecified atom stereocenters. The van der Waals surface area contributed by atoms with Crippen molar-refractivity contribution < 1.29 is 9.47 Å². The van der Waals surface area contributed by atoms with Crippen molar-refractivity contribution in [3.8, 4) is 17.2 Å². The summed E-state index contributed by atoms with van der Waals surface area (Å²) in [5.74, 6) is 2.10. The third-order valence-corrected chi connectivity index (χ3v) is 2.78. The summed E-state index contributed by atoms with van der Waals surface area (Å²) < 4.78 is 11.1. The van der Waals surface area contributed by atoms with Gasteiger partial charge in [-0.2, -0.15) is 0 Å². The first kappa shape index (κ1) is 14.3. The Morgan fingerprint density at radius 2 is 1.90 bits per heavy atom. The van der Waals surface area contributed by atoms with Crippen molar-refractivity contribution in [2.24, 2.45) is 0 Å². The third-order valence-electron chi connectivity index (χ3n) is 2.78. The molecule has 0 aliphatic carbocycles. The fourth-order valence-corrected chi connectivity index (χ4v) is 1.77. The van der Waals surface area contributed by atoms with E-state index in [1.807, 2.05) is 36.5 Å². The fraction of sp³-hybridized carbons (Fsp3) is 0.312. The molecular weight excluding hydrogens is 252 g/mol. The topological polar surface area (TPSA) is 43.4 Å². The number of rotatable bonds is 6. The molecule has 4 heteroatoms. The Hall–Kier alpha value is -2.07. The lowest BCUT2D eigenvalue weighted by atomic mass is 10.2. The first-order chi connectivity index (χ1) is 9.69. The Labute approximate surface area is 119 Å². The van der Waals surface area contributed by atoms with Gasteiger partial charge in [0.2, 0.25) is 0 Å². The maximum absolute atomic E-state index is 5.83. The highest BCUT2D eigenvalue weighted by Crippen LogP contribution is 2.30. The number of ether oxygens (including phenoxy) is 2. The second-order valence-electron chi connectivity index (χ2n) is 4.82. The average molecular weight is 272 g/mol. The molecule has 0 radical (unpaired) electrons. The molecule has 4 nitrogen and oxygen atoms in total. The van der Waals surface area contributed by atoms with Crippen molar-refractivity contribution in [3.05, 3.63) is 48.3 Å². The van der Waals surface area contributed by atoms with E-state index in [-0.39, 0.29) is 0 Å². The van der Waals surface area contributed by atoms with E-state index in [4.69, 9.17) is 9.47 Å². The molecule has 1 heterocycles. The summed E-state index contributed by atoms with van der Waals surface area (Å²) in [6, 6.07) is 9.98. The fourth-order valence-electron chi connectivity index (χ4n) is 1.77. The van der Waals surface area contributed by atoms with Crippen LogP contribution in [0, 0.1) is 0 Å². The van der Waals surface area contributed by atoms with E-state index in [9.17, 15) is 0 Å². The number of hydrogen-bond acceptors (Lipinski definition) is 4. The maximum Gasteiger partial charge on any atom is 0.169 e. The Bertz CT molecular complexity index is 556. The van der Waals surface area contributed by atoms with Gasteiger partial charge in [-0.05, 0) is 23.8 Å². The zero-order valence-corrected chi connectivity index (χ0v) is 12.1. The minimum absolute atomic E-state index is 0.439. The van der Waals surface area contributed by atoms with Crippen molar-refractivity contribution in [1.29, 1.82) is 0 Å². The summed E-state index contributed by atoms with van der Waals surface area (Å²) in [5, 5.41) is 3.36. The number of methoxy groups -OCH3 is 1. The third kappa shape index (κ3) is 3.96. The zero-order chi connectivity index (χ0) is 14.4. The summed E-state index contributed by atoms with van der Waals surface area (Å²) in [7, 11) is 1.63. The van der Waals surface area contributed by atoms with Crippen LogP contribution in [0.15, 0.2) is 42.7 Å². The molecule has 2 rings (SSSR count). The second kappa shape index (κ2) is 6.91. The van der Waals surface area contributed by atoms with E-state index in [0.29, 0.717) is 23.3 Å². The van der Waals surface area contributed by atoms with E-state index in [1.54, 1.807) is 13.3 Å². The van der Waals surface area contributed by atoms with Crippen LogP contribution in [-0.4, -0.2) is 18.1 Å². The molecule has 20 heavy (non-hydrogen) atoms. The van der Waals surface area contributed by atoms with Crippen molar-refractivity contribution in [2.45, 2.75) is 26.4 Å². The molecule has 1 N–H and O–H groups in total. The quantitative estimate of drug-likeness (QED) is 0.875. The number of hydrogen-bond donors (Lipinski definition) is 1. The number of nitrogens with zero attached hydrogens (tertiary/aromatic N) is 1. The van der Waals surface area contributed by atoms with Gasteiger partial charge in [0.25, 0.3) is 0 Å². The molecule has 1 aromatic carbocycles. The monoisotopic (exact) mass is 272 g/mol. The Morgan fingerprint density at radius 1 is 1.15 bits per heavy atom. The van der Waals surface area contributed by atoms with Crippen LogP contribution in [-0.2, 0) is 6.54 Å². The second-order valence-corrected chi connectivity index (χ2v) is 4.82. The van der Waals surface area contributed by atoms with Crippen LogP contribution in [0.2, 0.25) is 0 Å². The average Bonchev–Trinajstić information content (AvgIpc) is 2.46. The molecule has 106 valence electrons. The van der Waals surface area contributed by atoms with E-state index in [1.165, 1.54) is 0 Å². The van der Waals surface area contributed by atoms with E-state index in [0.717, 1.165) is 12.1 Å². The SMILES string of the molecule is COc1ccccc1Oc1cncc(CNC(C)C)c1. The molecule has 1 aromatic heterocycles. The predicted molar refractivity (Wildman–Crippen MR) is 79.3 cm³/mol. The number of pyridine rings is 1. The summed E-state index contributed by atoms with van der Waals surface area (Å²) in [6.07, 6.45) is 3.54. The maximum atomic E-state index is 5.83. The van der Waals surface area contributed by atoms with Gasteiger partial charge in [-0.3, -0.25) is 4.98 Å². The summed E-state index contributed by atoms with van der Waals surface area (Å²) in [6.45, 7) is 5.00. The van der Waals surface area contributed by atoms with Crippen molar-refractivity contribution in [2.75, 3.05) is 7.11 Å². The van der Waals surface area contributed by atoms with Crippen LogP contribution in [0.4, 0.5) is 0 Å². The largest absolute Gasteiger partial charge is 0.493 e. The van der Waals surface area contributed by atoms with Crippen molar-refractivity contribution >= 4 is 0 Å². The molecule has 0 saturated heterocycles. The van der Waals surface area contributed by atoms with Gasteiger partial charge in [-0.25, -0.2) is 0 Å². The smallest absolute Gasteiger partial charge is 0.169 e. The summed E-state index contributed by atoms with van der Waals surface area (Å²) >= 11 is 0. The molecule has 0 aliphatic rings. The predicted octanol–water partition coefficient (Wildman–Crippen LogP) is 3.38. The Kier molecular flexibility index (Phi) is 4.96. The van der Waals surface area contributed by atoms with Crippen LogP contribution in [0.3, 0.4) is 0 Å². The van der Waals surface area contributed by atoms with E-state index in [2.05, 4.69) is 24.1 Å². The minimum Gasteiger partial charge on any atom is -0.493 e. The first-order valence-corrected chi connectivity index (χ1v) is 6.67. The van der Waals surface area contributed by atoms with Crippen LogP contribution in [0.25, 0.3) is 0 Å². The van der Waals surface area contributed by atoms with E-state index < -0.39 is 0 Å². The Morgan fingerprint density at radius 3 is 2.60 bits per heavy atom. The van der Waals surface area contributed by atoms with Crippen LogP contribution in [0.1, 0.15) is 19.4 Å². The molecule has 0 atom stereocenters. The van der Waals surface area contributed by atoms with Gasteiger partial charge in [-0.1, -0.05) is 26.0 Å². The normalized spacial score (nSPS) is 10.6. The Balaban J connectivity index is 2.11. The molecule has 0 spiro atoms. The highest BCUT2D eigenvalue weighted by atomic mass is 16.5. The molecular formula is C16H20N2O2. The molecule has 0 fully saturated rings. The van der Waals surface area contributed by atoms with Gasteiger partial charge in [0, 0.05) is 18.8 Å². The van der Waals surface area contributed by atoms with Gasteiger partial charge in [0.05, 0.1) is 13.3 Å². The van der Waals surface area contributed by atoms with Crippen LogP contribution in [0.5, 0.6) is 17.2 Å². The highest BCUT2D eigenvalue weighted by molar-refractivity contribution is 5.42. The number of nitrogens with one attached hydrogen (secondary N) is 1. The van der Waals surface area contributed by atoms with E-state index >= 15 is 0 Å². The molecule has 0 saturated carbocycles. The number of benzene rings is 1. The van der Waals surface area contributed by atoms with Gasteiger partial charge in [0.1, 0.15) is 5.75 Å². The van der Waals surface area contributed by atoms with Gasteiger partial charge >= 0.3 is 0 Å². The number of aromatic nitrogens is 1. The van der Waals surface area contributed by atoms with Gasteiger partial charge in [0.15, 0.2) is 11.5 Å². The lowest BCUT2D eigenvalue weighted by Crippen LogP contribution is -2.21. The standard InChI is InChI=1S/C16H20N2O2/c1-12(2)18-10-13-8-14(11-17-9-13)20-16-7-5-4-6-15(16)19-3/h4-9,11-12,18H,10H2,1-3H3. The molecule has 0 aliphatic heterocycles. The van der Waals surface area contributed by atoms with Crippen molar-refractivity contribution in [1.82, 2.24) is 10.3 Å². The minimum atomic E-state index is 0.439.